The van der Waals surface area contributed by atoms with Gasteiger partial charge >= 0.3 is 6.09 Å². The molecular formula is C19H17N3O4S2. The van der Waals surface area contributed by atoms with E-state index < -0.39 is 6.09 Å². The number of nitrogens with zero attached hydrogens (tertiary/aromatic N) is 1. The van der Waals surface area contributed by atoms with Crippen molar-refractivity contribution in [3.05, 3.63) is 71.6 Å². The van der Waals surface area contributed by atoms with Crippen LogP contribution in [0.15, 0.2) is 66.1 Å². The molecule has 2 aromatic carbocycles. The standard InChI is InChI=1S/C19H17N3O4S2/c1-24-14-9-7-13(8-10-14)12-25-17(21)16(11-20)18(27)28-22-19(23)26-15-5-3-2-4-6-15/h2-10H,12,21H2,1H3,(H,22,23). The van der Waals surface area contributed by atoms with Gasteiger partial charge in [-0.05, 0) is 29.8 Å². The number of rotatable bonds is 6. The van der Waals surface area contributed by atoms with Crippen molar-refractivity contribution in [2.45, 2.75) is 6.61 Å². The van der Waals surface area contributed by atoms with Crippen LogP contribution in [0, 0.1) is 11.3 Å². The maximum absolute atomic E-state index is 11.8. The van der Waals surface area contributed by atoms with E-state index in [9.17, 15) is 10.1 Å². The Kier molecular flexibility index (Phi) is 8.14. The minimum atomic E-state index is -0.728. The van der Waals surface area contributed by atoms with E-state index in [1.54, 1.807) is 49.6 Å². The summed E-state index contributed by atoms with van der Waals surface area (Å²) in [5.74, 6) is 0.968. The predicted molar refractivity (Wildman–Crippen MR) is 110 cm³/mol. The minimum Gasteiger partial charge on any atom is -0.497 e. The number of nitrogens with two attached hydrogens (primary N) is 1. The Hall–Kier alpha value is -3.22. The lowest BCUT2D eigenvalue weighted by atomic mass is 10.2. The SMILES string of the molecule is COc1ccc(COC(N)=C(C#N)C(=S)SNC(=O)Oc2ccccc2)cc1. The van der Waals surface area contributed by atoms with Crippen LogP contribution >= 0.6 is 24.2 Å². The van der Waals surface area contributed by atoms with E-state index in [2.05, 4.69) is 4.72 Å². The van der Waals surface area contributed by atoms with Gasteiger partial charge in [-0.15, -0.1) is 0 Å². The Bertz CT molecular complexity index is 894. The zero-order valence-corrected chi connectivity index (χ0v) is 16.5. The lowest BCUT2D eigenvalue weighted by molar-refractivity contribution is 0.195. The third-order valence-electron chi connectivity index (χ3n) is 3.30. The van der Waals surface area contributed by atoms with Crippen molar-refractivity contribution >= 4 is 34.5 Å². The van der Waals surface area contributed by atoms with Crippen LogP contribution in [0.3, 0.4) is 0 Å². The molecule has 0 aliphatic carbocycles. The number of carbonyl (C=O) groups is 1. The third kappa shape index (κ3) is 6.50. The monoisotopic (exact) mass is 415 g/mol. The highest BCUT2D eigenvalue weighted by Crippen LogP contribution is 2.16. The van der Waals surface area contributed by atoms with Gasteiger partial charge < -0.3 is 19.9 Å². The van der Waals surface area contributed by atoms with Crippen LogP contribution in [0.1, 0.15) is 5.56 Å². The van der Waals surface area contributed by atoms with Gasteiger partial charge in [0.05, 0.1) is 7.11 Å². The summed E-state index contributed by atoms with van der Waals surface area (Å²) in [4.78, 5) is 11.8. The highest BCUT2D eigenvalue weighted by Gasteiger charge is 2.14. The van der Waals surface area contributed by atoms with Gasteiger partial charge in [0.1, 0.15) is 33.9 Å². The number of para-hydroxylation sites is 1. The Morgan fingerprint density at radius 2 is 1.86 bits per heavy atom. The number of methoxy groups -OCH3 is 1. The van der Waals surface area contributed by atoms with Crippen LogP contribution < -0.4 is 19.9 Å². The van der Waals surface area contributed by atoms with E-state index in [-0.39, 0.29) is 22.3 Å². The van der Waals surface area contributed by atoms with E-state index in [0.717, 1.165) is 23.3 Å². The molecule has 0 atom stereocenters. The number of ether oxygens (including phenoxy) is 3. The number of nitrogens with one attached hydrogen (secondary N) is 1. The number of thiocarbonyl (C=S) groups is 1. The lowest BCUT2D eigenvalue weighted by Gasteiger charge is -2.10. The van der Waals surface area contributed by atoms with E-state index in [0.29, 0.717) is 5.75 Å². The average Bonchev–Trinajstić information content (AvgIpc) is 2.72. The molecule has 0 saturated heterocycles. The fourth-order valence-electron chi connectivity index (χ4n) is 1.91. The first kappa shape index (κ1) is 21.1. The maximum atomic E-state index is 11.8. The Labute approximate surface area is 172 Å². The third-order valence-corrected chi connectivity index (χ3v) is 4.41. The van der Waals surface area contributed by atoms with Crippen molar-refractivity contribution in [3.8, 4) is 17.6 Å². The van der Waals surface area contributed by atoms with Gasteiger partial charge in [-0.2, -0.15) is 5.26 Å². The molecule has 0 saturated carbocycles. The summed E-state index contributed by atoms with van der Waals surface area (Å²) in [6.45, 7) is 0.151. The number of hydrogen-bond donors (Lipinski definition) is 2. The summed E-state index contributed by atoms with van der Waals surface area (Å²) in [6.07, 6.45) is -0.728. The van der Waals surface area contributed by atoms with Crippen LogP contribution in [0.25, 0.3) is 0 Å². The van der Waals surface area contributed by atoms with Crippen molar-refractivity contribution in [2.75, 3.05) is 7.11 Å². The molecule has 0 aliphatic heterocycles. The summed E-state index contributed by atoms with van der Waals surface area (Å²) < 4.78 is 18.0. The average molecular weight is 415 g/mol. The largest absolute Gasteiger partial charge is 0.497 e. The van der Waals surface area contributed by atoms with E-state index in [1.807, 2.05) is 18.2 Å². The van der Waals surface area contributed by atoms with Crippen molar-refractivity contribution < 1.29 is 19.0 Å². The van der Waals surface area contributed by atoms with Gasteiger partial charge in [0, 0.05) is 11.9 Å². The Morgan fingerprint density at radius 1 is 1.18 bits per heavy atom. The molecule has 28 heavy (non-hydrogen) atoms. The first-order valence-corrected chi connectivity index (χ1v) is 9.15. The van der Waals surface area contributed by atoms with E-state index in [4.69, 9.17) is 32.2 Å². The molecular weight excluding hydrogens is 398 g/mol. The first-order valence-electron chi connectivity index (χ1n) is 7.93. The number of nitriles is 1. The van der Waals surface area contributed by atoms with Gasteiger partial charge in [0.15, 0.2) is 0 Å². The molecule has 0 aromatic heterocycles. The lowest BCUT2D eigenvalue weighted by Crippen LogP contribution is -2.22. The summed E-state index contributed by atoms with van der Waals surface area (Å²) in [5, 5.41) is 9.30. The highest BCUT2D eigenvalue weighted by atomic mass is 32.2. The molecule has 0 aliphatic rings. The van der Waals surface area contributed by atoms with Crippen LogP contribution in [-0.4, -0.2) is 17.4 Å². The summed E-state index contributed by atoms with van der Waals surface area (Å²) >= 11 is 5.87. The van der Waals surface area contributed by atoms with Gasteiger partial charge in [-0.1, -0.05) is 42.5 Å². The molecule has 0 fully saturated rings. The van der Waals surface area contributed by atoms with E-state index >= 15 is 0 Å². The topological polar surface area (TPSA) is 107 Å². The van der Waals surface area contributed by atoms with Gasteiger partial charge in [0.2, 0.25) is 5.88 Å². The molecule has 144 valence electrons. The van der Waals surface area contributed by atoms with Crippen LogP contribution in [0.5, 0.6) is 11.5 Å². The second-order valence-electron chi connectivity index (χ2n) is 5.18. The highest BCUT2D eigenvalue weighted by molar-refractivity contribution is 8.22. The number of hydrogen-bond acceptors (Lipinski definition) is 8. The normalized spacial score (nSPS) is 10.9. The molecule has 0 unspecified atom stereocenters. The summed E-state index contributed by atoms with van der Waals surface area (Å²) in [5.41, 5.74) is 6.62. The van der Waals surface area contributed by atoms with Crippen LogP contribution in [0.2, 0.25) is 0 Å². The second kappa shape index (κ2) is 10.8. The van der Waals surface area contributed by atoms with Crippen molar-refractivity contribution in [1.82, 2.24) is 4.72 Å². The molecule has 0 radical (unpaired) electrons. The quantitative estimate of drug-likeness (QED) is 0.242. The van der Waals surface area contributed by atoms with Crippen molar-refractivity contribution in [3.63, 3.8) is 0 Å². The zero-order chi connectivity index (χ0) is 20.4. The molecule has 2 rings (SSSR count). The number of carbonyl (C=O) groups excluding carboxylic acids is 1. The molecule has 2 aromatic rings. The zero-order valence-electron chi connectivity index (χ0n) is 14.9. The molecule has 0 bridgehead atoms. The Balaban J connectivity index is 1.89. The van der Waals surface area contributed by atoms with E-state index in [1.165, 1.54) is 0 Å². The molecule has 0 spiro atoms. The fourth-order valence-corrected chi connectivity index (χ4v) is 2.65. The number of benzene rings is 2. The van der Waals surface area contributed by atoms with Crippen molar-refractivity contribution in [1.29, 1.82) is 5.26 Å². The summed E-state index contributed by atoms with van der Waals surface area (Å²) in [6, 6.07) is 17.6. The second-order valence-corrected chi connectivity index (χ2v) is 6.67. The molecule has 0 heterocycles. The van der Waals surface area contributed by atoms with Crippen molar-refractivity contribution in [2.24, 2.45) is 5.73 Å². The smallest absolute Gasteiger partial charge is 0.422 e. The van der Waals surface area contributed by atoms with Gasteiger partial charge in [-0.3, -0.25) is 4.72 Å². The predicted octanol–water partition coefficient (Wildman–Crippen LogP) is 3.67. The fraction of sp³-hybridized carbons (Fsp3) is 0.105. The molecule has 7 nitrogen and oxygen atoms in total. The summed E-state index contributed by atoms with van der Waals surface area (Å²) in [7, 11) is 1.58. The first-order chi connectivity index (χ1) is 13.5. The van der Waals surface area contributed by atoms with Crippen LogP contribution in [0.4, 0.5) is 4.79 Å². The minimum absolute atomic E-state index is 0.0477. The Morgan fingerprint density at radius 3 is 2.46 bits per heavy atom. The number of amides is 1. The maximum Gasteiger partial charge on any atom is 0.422 e. The van der Waals surface area contributed by atoms with Gasteiger partial charge in [-0.25, -0.2) is 4.79 Å². The van der Waals surface area contributed by atoms with Crippen LogP contribution in [-0.2, 0) is 11.3 Å². The van der Waals surface area contributed by atoms with Gasteiger partial charge in [0.25, 0.3) is 0 Å². The molecule has 9 heteroatoms. The molecule has 3 N–H and O–H groups in total. The molecule has 1 amide bonds.